The molecule has 2 aromatic heterocycles. The highest BCUT2D eigenvalue weighted by atomic mass is 16.5. The molecule has 4 rings (SSSR count). The van der Waals surface area contributed by atoms with Crippen LogP contribution in [0.1, 0.15) is 32.2 Å². The van der Waals surface area contributed by atoms with E-state index in [-0.39, 0.29) is 5.54 Å². The van der Waals surface area contributed by atoms with Crippen molar-refractivity contribution in [2.75, 3.05) is 40.4 Å². The van der Waals surface area contributed by atoms with Crippen LogP contribution in [0.3, 0.4) is 0 Å². The summed E-state index contributed by atoms with van der Waals surface area (Å²) in [6, 6.07) is 5.60. The van der Waals surface area contributed by atoms with Crippen molar-refractivity contribution in [2.45, 2.75) is 39.4 Å². The Kier molecular flexibility index (Phi) is 6.48. The highest BCUT2D eigenvalue weighted by Gasteiger charge is 2.21. The Hall–Kier alpha value is -2.91. The van der Waals surface area contributed by atoms with Crippen molar-refractivity contribution >= 4 is 0 Å². The van der Waals surface area contributed by atoms with Gasteiger partial charge in [-0.25, -0.2) is 0 Å². The fourth-order valence-electron chi connectivity index (χ4n) is 3.78. The molecule has 0 N–H and O–H groups in total. The molecule has 9 heteroatoms. The maximum absolute atomic E-state index is 5.51. The van der Waals surface area contributed by atoms with Gasteiger partial charge in [0, 0.05) is 50.0 Å². The van der Waals surface area contributed by atoms with Crippen LogP contribution in [0, 0.1) is 0 Å². The van der Waals surface area contributed by atoms with Gasteiger partial charge in [-0.05, 0) is 39.0 Å². The van der Waals surface area contributed by atoms with Crippen LogP contribution in [0.2, 0.25) is 0 Å². The number of hydrogen-bond donors (Lipinski definition) is 0. The van der Waals surface area contributed by atoms with Gasteiger partial charge in [0.2, 0.25) is 11.7 Å². The molecule has 9 nitrogen and oxygen atoms in total. The van der Waals surface area contributed by atoms with Gasteiger partial charge in [0.15, 0.2) is 11.5 Å². The van der Waals surface area contributed by atoms with Crippen molar-refractivity contribution in [2.24, 2.45) is 0 Å². The monoisotopic (exact) mass is 440 g/mol. The van der Waals surface area contributed by atoms with E-state index in [0.29, 0.717) is 29.8 Å². The molecule has 1 saturated heterocycles. The maximum atomic E-state index is 5.51. The van der Waals surface area contributed by atoms with Crippen LogP contribution in [-0.4, -0.2) is 70.1 Å². The Bertz CT molecular complexity index is 1030. The van der Waals surface area contributed by atoms with Gasteiger partial charge in [-0.2, -0.15) is 10.1 Å². The summed E-state index contributed by atoms with van der Waals surface area (Å²) in [5, 5.41) is 8.66. The van der Waals surface area contributed by atoms with Gasteiger partial charge in [-0.15, -0.1) is 0 Å². The van der Waals surface area contributed by atoms with Gasteiger partial charge in [0.25, 0.3) is 0 Å². The number of hydrogen-bond acceptors (Lipinski definition) is 8. The first-order chi connectivity index (χ1) is 15.4. The Morgan fingerprint density at radius 3 is 2.28 bits per heavy atom. The molecule has 0 radical (unpaired) electrons. The number of piperazine rings is 1. The lowest BCUT2D eigenvalue weighted by Gasteiger charge is -2.33. The molecule has 172 valence electrons. The zero-order valence-corrected chi connectivity index (χ0v) is 19.5. The zero-order chi connectivity index (χ0) is 22.7. The molecular formula is C23H32N6O3. The SMILES string of the molecule is COc1ccc(-c2noc(CN3CCN(Cc4cnn(C(C)(C)C)c4)CC3)n2)cc1OC. The lowest BCUT2D eigenvalue weighted by atomic mass is 10.1. The number of nitrogens with zero attached hydrogens (tertiary/aromatic N) is 6. The Morgan fingerprint density at radius 1 is 0.969 bits per heavy atom. The smallest absolute Gasteiger partial charge is 0.241 e. The van der Waals surface area contributed by atoms with Crippen LogP contribution in [0.5, 0.6) is 11.5 Å². The Labute approximate surface area is 188 Å². The number of aromatic nitrogens is 4. The molecule has 1 fully saturated rings. The summed E-state index contributed by atoms with van der Waals surface area (Å²) in [6.07, 6.45) is 4.13. The van der Waals surface area contributed by atoms with Crippen molar-refractivity contribution in [3.63, 3.8) is 0 Å². The minimum atomic E-state index is 0.0107. The molecule has 0 aliphatic carbocycles. The second-order valence-electron chi connectivity index (χ2n) is 9.10. The van der Waals surface area contributed by atoms with Crippen LogP contribution in [0.4, 0.5) is 0 Å². The summed E-state index contributed by atoms with van der Waals surface area (Å²) in [4.78, 5) is 9.39. The summed E-state index contributed by atoms with van der Waals surface area (Å²) >= 11 is 0. The van der Waals surface area contributed by atoms with E-state index in [1.807, 2.05) is 29.1 Å². The molecular weight excluding hydrogens is 408 g/mol. The topological polar surface area (TPSA) is 81.7 Å². The molecule has 1 aliphatic rings. The molecule has 0 saturated carbocycles. The minimum absolute atomic E-state index is 0.0107. The van der Waals surface area contributed by atoms with Gasteiger partial charge < -0.3 is 14.0 Å². The maximum Gasteiger partial charge on any atom is 0.241 e. The van der Waals surface area contributed by atoms with E-state index in [4.69, 9.17) is 14.0 Å². The molecule has 0 atom stereocenters. The average molecular weight is 441 g/mol. The first kappa shape index (κ1) is 22.3. The minimum Gasteiger partial charge on any atom is -0.493 e. The summed E-state index contributed by atoms with van der Waals surface area (Å²) in [5.74, 6) is 2.48. The normalized spacial score (nSPS) is 15.8. The third-order valence-electron chi connectivity index (χ3n) is 5.66. The third kappa shape index (κ3) is 5.11. The van der Waals surface area contributed by atoms with Crippen molar-refractivity contribution in [3.05, 3.63) is 42.0 Å². The predicted molar refractivity (Wildman–Crippen MR) is 121 cm³/mol. The first-order valence-electron chi connectivity index (χ1n) is 10.9. The van der Waals surface area contributed by atoms with Gasteiger partial charge >= 0.3 is 0 Å². The van der Waals surface area contributed by atoms with E-state index in [0.717, 1.165) is 38.3 Å². The quantitative estimate of drug-likeness (QED) is 0.555. The number of rotatable bonds is 7. The van der Waals surface area contributed by atoms with E-state index in [1.54, 1.807) is 14.2 Å². The van der Waals surface area contributed by atoms with E-state index in [9.17, 15) is 0 Å². The van der Waals surface area contributed by atoms with E-state index in [2.05, 4.69) is 52.0 Å². The molecule has 32 heavy (non-hydrogen) atoms. The van der Waals surface area contributed by atoms with Crippen molar-refractivity contribution in [1.29, 1.82) is 0 Å². The van der Waals surface area contributed by atoms with Crippen LogP contribution in [-0.2, 0) is 18.6 Å². The first-order valence-corrected chi connectivity index (χ1v) is 10.9. The van der Waals surface area contributed by atoms with Crippen LogP contribution < -0.4 is 9.47 Å². The van der Waals surface area contributed by atoms with Crippen LogP contribution >= 0.6 is 0 Å². The van der Waals surface area contributed by atoms with Gasteiger partial charge in [0.05, 0.1) is 32.5 Å². The third-order valence-corrected chi connectivity index (χ3v) is 5.66. The average Bonchev–Trinajstić information content (AvgIpc) is 3.44. The lowest BCUT2D eigenvalue weighted by molar-refractivity contribution is 0.112. The molecule has 1 aliphatic heterocycles. The molecule has 0 bridgehead atoms. The lowest BCUT2D eigenvalue weighted by Crippen LogP contribution is -2.45. The fourth-order valence-corrected chi connectivity index (χ4v) is 3.78. The molecule has 3 aromatic rings. The second-order valence-corrected chi connectivity index (χ2v) is 9.10. The van der Waals surface area contributed by atoms with Crippen LogP contribution in [0.25, 0.3) is 11.4 Å². The van der Waals surface area contributed by atoms with E-state index < -0.39 is 0 Å². The Balaban J connectivity index is 1.30. The zero-order valence-electron chi connectivity index (χ0n) is 19.5. The molecule has 1 aromatic carbocycles. The van der Waals surface area contributed by atoms with Crippen LogP contribution in [0.15, 0.2) is 35.1 Å². The predicted octanol–water partition coefficient (Wildman–Crippen LogP) is 3.02. The number of benzene rings is 1. The van der Waals surface area contributed by atoms with Crippen molar-refractivity contribution < 1.29 is 14.0 Å². The Morgan fingerprint density at radius 2 is 1.66 bits per heavy atom. The van der Waals surface area contributed by atoms with E-state index >= 15 is 0 Å². The highest BCUT2D eigenvalue weighted by molar-refractivity contribution is 5.60. The second kappa shape index (κ2) is 9.30. The summed E-state index contributed by atoms with van der Waals surface area (Å²) in [6.45, 7) is 12.0. The molecule has 0 unspecified atom stereocenters. The van der Waals surface area contributed by atoms with Gasteiger partial charge in [-0.3, -0.25) is 14.5 Å². The summed E-state index contributed by atoms with van der Waals surface area (Å²) in [5.41, 5.74) is 2.10. The van der Waals surface area contributed by atoms with Crippen molar-refractivity contribution in [3.8, 4) is 22.9 Å². The molecule has 3 heterocycles. The summed E-state index contributed by atoms with van der Waals surface area (Å²) in [7, 11) is 3.22. The number of methoxy groups -OCH3 is 2. The summed E-state index contributed by atoms with van der Waals surface area (Å²) < 4.78 is 18.2. The largest absolute Gasteiger partial charge is 0.493 e. The fraction of sp³-hybridized carbons (Fsp3) is 0.522. The van der Waals surface area contributed by atoms with Crippen molar-refractivity contribution in [1.82, 2.24) is 29.7 Å². The highest BCUT2D eigenvalue weighted by Crippen LogP contribution is 2.31. The van der Waals surface area contributed by atoms with E-state index in [1.165, 1.54) is 5.56 Å². The molecule has 0 amide bonds. The van der Waals surface area contributed by atoms with Gasteiger partial charge in [-0.1, -0.05) is 5.16 Å². The molecule has 0 spiro atoms. The standard InChI is InChI=1S/C23H32N6O3/c1-23(2,3)29-15-17(13-24-29)14-27-8-10-28(11-9-27)16-21-25-22(26-32-21)18-6-7-19(30-4)20(12-18)31-5/h6-7,12-13,15H,8-11,14,16H2,1-5H3. The van der Waals surface area contributed by atoms with Gasteiger partial charge in [0.1, 0.15) is 0 Å². The number of ether oxygens (including phenoxy) is 2.